The molecule has 0 spiro atoms. The fraction of sp³-hybridized carbons (Fsp3) is 0.615. The van der Waals surface area contributed by atoms with Crippen LogP contribution in [0.15, 0.2) is 18.3 Å². The average Bonchev–Trinajstić information content (AvgIpc) is 2.82. The van der Waals surface area contributed by atoms with E-state index in [1.165, 1.54) is 12.0 Å². The summed E-state index contributed by atoms with van der Waals surface area (Å²) in [5.74, 6) is 0. The van der Waals surface area contributed by atoms with Crippen molar-refractivity contribution in [3.63, 3.8) is 0 Å². The number of nitrogens with one attached hydrogen (secondary N) is 1. The highest BCUT2D eigenvalue weighted by atomic mass is 16.5. The van der Waals surface area contributed by atoms with Crippen LogP contribution < -0.4 is 5.32 Å². The number of hydrogen-bond donors (Lipinski definition) is 1. The Kier molecular flexibility index (Phi) is 3.91. The minimum atomic E-state index is 0.355. The van der Waals surface area contributed by atoms with Crippen LogP contribution >= 0.6 is 0 Å². The fourth-order valence-corrected chi connectivity index (χ4v) is 2.18. The summed E-state index contributed by atoms with van der Waals surface area (Å²) >= 11 is 0. The minimum Gasteiger partial charge on any atom is -0.377 e. The van der Waals surface area contributed by atoms with Gasteiger partial charge in [0, 0.05) is 31.0 Å². The van der Waals surface area contributed by atoms with Gasteiger partial charge in [-0.2, -0.15) is 0 Å². The minimum absolute atomic E-state index is 0.355. The van der Waals surface area contributed by atoms with Gasteiger partial charge in [0.2, 0.25) is 0 Å². The van der Waals surface area contributed by atoms with Crippen molar-refractivity contribution in [2.45, 2.75) is 38.3 Å². The first-order valence-corrected chi connectivity index (χ1v) is 6.00. The van der Waals surface area contributed by atoms with E-state index in [1.54, 1.807) is 0 Å². The number of aryl methyl sites for hydroxylation is 1. The van der Waals surface area contributed by atoms with E-state index < -0.39 is 0 Å². The van der Waals surface area contributed by atoms with Crippen molar-refractivity contribution < 1.29 is 4.74 Å². The summed E-state index contributed by atoms with van der Waals surface area (Å²) in [5, 5.41) is 3.34. The van der Waals surface area contributed by atoms with E-state index in [2.05, 4.69) is 29.4 Å². The largest absolute Gasteiger partial charge is 0.377 e. The SMILES string of the molecule is CNC(Cc1ccc(C)cn1)C1CCCO1. The van der Waals surface area contributed by atoms with Crippen molar-refractivity contribution in [1.29, 1.82) is 0 Å². The Morgan fingerprint density at radius 2 is 2.44 bits per heavy atom. The quantitative estimate of drug-likeness (QED) is 0.838. The molecule has 2 unspecified atom stereocenters. The maximum absolute atomic E-state index is 5.71. The molecule has 0 aliphatic carbocycles. The second kappa shape index (κ2) is 5.41. The van der Waals surface area contributed by atoms with Crippen LogP contribution in [0.2, 0.25) is 0 Å². The van der Waals surface area contributed by atoms with E-state index in [0.717, 1.165) is 25.1 Å². The van der Waals surface area contributed by atoms with Gasteiger partial charge in [-0.15, -0.1) is 0 Å². The maximum Gasteiger partial charge on any atom is 0.0732 e. The number of hydrogen-bond acceptors (Lipinski definition) is 3. The van der Waals surface area contributed by atoms with Crippen LogP contribution in [0.1, 0.15) is 24.1 Å². The highest BCUT2D eigenvalue weighted by Crippen LogP contribution is 2.17. The standard InChI is InChI=1S/C13H20N2O/c1-10-5-6-11(15-9-10)8-12(14-2)13-4-3-7-16-13/h5-6,9,12-14H,3-4,7-8H2,1-2H3. The van der Waals surface area contributed by atoms with Gasteiger partial charge in [-0.25, -0.2) is 0 Å². The molecule has 2 heterocycles. The molecule has 2 atom stereocenters. The Hall–Kier alpha value is -0.930. The van der Waals surface area contributed by atoms with E-state index in [4.69, 9.17) is 4.74 Å². The molecule has 16 heavy (non-hydrogen) atoms. The highest BCUT2D eigenvalue weighted by molar-refractivity contribution is 5.13. The third-order valence-corrected chi connectivity index (χ3v) is 3.19. The second-order valence-electron chi connectivity index (χ2n) is 4.48. The van der Waals surface area contributed by atoms with E-state index in [1.807, 2.05) is 13.2 Å². The first-order valence-electron chi connectivity index (χ1n) is 6.00. The number of aromatic nitrogens is 1. The molecule has 2 rings (SSSR count). The zero-order chi connectivity index (χ0) is 11.4. The molecule has 1 aliphatic rings. The van der Waals surface area contributed by atoms with Gasteiger partial charge in [0.05, 0.1) is 6.10 Å². The van der Waals surface area contributed by atoms with Crippen LogP contribution in [0.3, 0.4) is 0 Å². The molecule has 3 nitrogen and oxygen atoms in total. The lowest BCUT2D eigenvalue weighted by molar-refractivity contribution is 0.0805. The van der Waals surface area contributed by atoms with Gasteiger partial charge in [-0.3, -0.25) is 4.98 Å². The van der Waals surface area contributed by atoms with Gasteiger partial charge < -0.3 is 10.1 Å². The van der Waals surface area contributed by atoms with Crippen molar-refractivity contribution in [2.24, 2.45) is 0 Å². The Balaban J connectivity index is 1.97. The van der Waals surface area contributed by atoms with Gasteiger partial charge >= 0.3 is 0 Å². The number of rotatable bonds is 4. The molecular weight excluding hydrogens is 200 g/mol. The third-order valence-electron chi connectivity index (χ3n) is 3.19. The van der Waals surface area contributed by atoms with Crippen molar-refractivity contribution >= 4 is 0 Å². The lowest BCUT2D eigenvalue weighted by Gasteiger charge is -2.22. The first kappa shape index (κ1) is 11.6. The Morgan fingerprint density at radius 1 is 1.56 bits per heavy atom. The predicted octanol–water partition coefficient (Wildman–Crippen LogP) is 1.70. The molecule has 1 saturated heterocycles. The smallest absolute Gasteiger partial charge is 0.0732 e. The highest BCUT2D eigenvalue weighted by Gasteiger charge is 2.24. The van der Waals surface area contributed by atoms with Gasteiger partial charge in [0.15, 0.2) is 0 Å². The first-order chi connectivity index (χ1) is 7.79. The maximum atomic E-state index is 5.71. The number of nitrogens with zero attached hydrogens (tertiary/aromatic N) is 1. The predicted molar refractivity (Wildman–Crippen MR) is 64.5 cm³/mol. The zero-order valence-electron chi connectivity index (χ0n) is 10.1. The fourth-order valence-electron chi connectivity index (χ4n) is 2.18. The molecule has 0 bridgehead atoms. The summed E-state index contributed by atoms with van der Waals surface area (Å²) < 4.78 is 5.71. The molecule has 0 aromatic carbocycles. The number of ether oxygens (including phenoxy) is 1. The van der Waals surface area contributed by atoms with E-state index in [-0.39, 0.29) is 0 Å². The lowest BCUT2D eigenvalue weighted by Crippen LogP contribution is -2.39. The molecule has 3 heteroatoms. The molecule has 1 fully saturated rings. The molecule has 1 N–H and O–H groups in total. The van der Waals surface area contributed by atoms with Crippen LogP contribution in [-0.2, 0) is 11.2 Å². The van der Waals surface area contributed by atoms with Crippen LogP contribution in [0.4, 0.5) is 0 Å². The third kappa shape index (κ3) is 2.80. The average molecular weight is 220 g/mol. The molecule has 0 saturated carbocycles. The summed E-state index contributed by atoms with van der Waals surface area (Å²) in [7, 11) is 2.00. The van der Waals surface area contributed by atoms with Crippen LogP contribution in [-0.4, -0.2) is 30.8 Å². The van der Waals surface area contributed by atoms with Gasteiger partial charge in [-0.1, -0.05) is 6.07 Å². The van der Waals surface area contributed by atoms with Crippen LogP contribution in [0.25, 0.3) is 0 Å². The Labute approximate surface area is 97.2 Å². The van der Waals surface area contributed by atoms with E-state index in [0.29, 0.717) is 12.1 Å². The van der Waals surface area contributed by atoms with Gasteiger partial charge in [0.1, 0.15) is 0 Å². The molecule has 0 amide bonds. The summed E-state index contributed by atoms with van der Waals surface area (Å²) in [5.41, 5.74) is 2.35. The van der Waals surface area contributed by atoms with Crippen LogP contribution in [0.5, 0.6) is 0 Å². The van der Waals surface area contributed by atoms with E-state index in [9.17, 15) is 0 Å². The Bertz CT molecular complexity index is 317. The topological polar surface area (TPSA) is 34.2 Å². The van der Waals surface area contributed by atoms with Crippen molar-refractivity contribution in [3.8, 4) is 0 Å². The van der Waals surface area contributed by atoms with Crippen molar-refractivity contribution in [1.82, 2.24) is 10.3 Å². The zero-order valence-corrected chi connectivity index (χ0v) is 10.1. The molecule has 1 aromatic heterocycles. The summed E-state index contributed by atoms with van der Waals surface area (Å²) in [6.07, 6.45) is 5.58. The molecule has 88 valence electrons. The lowest BCUT2D eigenvalue weighted by atomic mass is 10.0. The summed E-state index contributed by atoms with van der Waals surface area (Å²) in [6.45, 7) is 2.97. The Morgan fingerprint density at radius 3 is 3.00 bits per heavy atom. The van der Waals surface area contributed by atoms with Crippen molar-refractivity contribution in [2.75, 3.05) is 13.7 Å². The second-order valence-corrected chi connectivity index (χ2v) is 4.48. The molecule has 1 aliphatic heterocycles. The summed E-state index contributed by atoms with van der Waals surface area (Å²) in [6, 6.07) is 4.61. The molecular formula is C13H20N2O. The number of pyridine rings is 1. The van der Waals surface area contributed by atoms with Gasteiger partial charge in [0.25, 0.3) is 0 Å². The molecule has 1 aromatic rings. The molecule has 0 radical (unpaired) electrons. The van der Waals surface area contributed by atoms with Crippen molar-refractivity contribution in [3.05, 3.63) is 29.6 Å². The number of likely N-dealkylation sites (N-methyl/N-ethyl adjacent to an activating group) is 1. The normalized spacial score (nSPS) is 22.2. The monoisotopic (exact) mass is 220 g/mol. The van der Waals surface area contributed by atoms with E-state index >= 15 is 0 Å². The van der Waals surface area contributed by atoms with Gasteiger partial charge in [-0.05, 0) is 38.4 Å². The summed E-state index contributed by atoms with van der Waals surface area (Å²) in [4.78, 5) is 4.44. The van der Waals surface area contributed by atoms with Crippen LogP contribution in [0, 0.1) is 6.92 Å².